The van der Waals surface area contributed by atoms with Gasteiger partial charge in [0.15, 0.2) is 0 Å². The third kappa shape index (κ3) is 3.52. The normalized spacial score (nSPS) is 17.0. The summed E-state index contributed by atoms with van der Waals surface area (Å²) >= 11 is 0. The second kappa shape index (κ2) is 6.57. The number of carbonyl (C=O) groups is 1. The van der Waals surface area contributed by atoms with Gasteiger partial charge in [-0.25, -0.2) is 0 Å². The van der Waals surface area contributed by atoms with Crippen LogP contribution in [-0.4, -0.2) is 5.91 Å². The molecule has 1 amide bonds. The largest absolute Gasteiger partial charge is 0.349 e. The molecule has 3 rings (SSSR count). The van der Waals surface area contributed by atoms with Gasteiger partial charge >= 0.3 is 0 Å². The van der Waals surface area contributed by atoms with Gasteiger partial charge in [0.1, 0.15) is 0 Å². The van der Waals surface area contributed by atoms with Crippen LogP contribution in [0.25, 0.3) is 0 Å². The highest BCUT2D eigenvalue weighted by atomic mass is 16.1. The van der Waals surface area contributed by atoms with Crippen LogP contribution < -0.4 is 5.32 Å². The second-order valence-electron chi connectivity index (χ2n) is 5.70. The van der Waals surface area contributed by atoms with Crippen LogP contribution in [-0.2, 0) is 17.6 Å². The van der Waals surface area contributed by atoms with Gasteiger partial charge in [-0.05, 0) is 42.4 Å². The molecule has 0 aliphatic heterocycles. The van der Waals surface area contributed by atoms with Gasteiger partial charge < -0.3 is 5.32 Å². The lowest BCUT2D eigenvalue weighted by atomic mass is 9.87. The van der Waals surface area contributed by atoms with Gasteiger partial charge in [0.2, 0.25) is 5.91 Å². The molecule has 1 N–H and O–H groups in total. The zero-order valence-electron chi connectivity index (χ0n) is 12.2. The molecule has 0 unspecified atom stereocenters. The van der Waals surface area contributed by atoms with Crippen molar-refractivity contribution in [2.24, 2.45) is 0 Å². The molecule has 2 aromatic rings. The fraction of sp³-hybridized carbons (Fsp3) is 0.316. The Morgan fingerprint density at radius 3 is 2.67 bits per heavy atom. The van der Waals surface area contributed by atoms with Gasteiger partial charge in [-0.1, -0.05) is 54.6 Å². The second-order valence-corrected chi connectivity index (χ2v) is 5.70. The molecular formula is C19H21NO. The third-order valence-corrected chi connectivity index (χ3v) is 4.19. The first-order valence-corrected chi connectivity index (χ1v) is 7.74. The Morgan fingerprint density at radius 1 is 1.05 bits per heavy atom. The minimum atomic E-state index is 0.153. The van der Waals surface area contributed by atoms with Gasteiger partial charge in [-0.2, -0.15) is 0 Å². The zero-order valence-corrected chi connectivity index (χ0v) is 12.2. The highest BCUT2D eigenvalue weighted by Gasteiger charge is 2.20. The standard InChI is InChI=1S/C19H21NO/c21-19(14-13-15-7-2-1-3-8-15)20-18-12-6-10-16-9-4-5-11-17(16)18/h1-5,7-9,11,18H,6,10,12-14H2,(H,20,21)/t18-/m0/s1. The van der Waals surface area contributed by atoms with E-state index >= 15 is 0 Å². The molecule has 1 aliphatic carbocycles. The Hall–Kier alpha value is -2.09. The Labute approximate surface area is 126 Å². The van der Waals surface area contributed by atoms with Crippen LogP contribution in [0.3, 0.4) is 0 Å². The maximum absolute atomic E-state index is 12.2. The third-order valence-electron chi connectivity index (χ3n) is 4.19. The Bertz CT molecular complexity index is 606. The molecule has 21 heavy (non-hydrogen) atoms. The highest BCUT2D eigenvalue weighted by molar-refractivity contribution is 5.76. The van der Waals surface area contributed by atoms with Crippen LogP contribution in [0.2, 0.25) is 0 Å². The Balaban J connectivity index is 1.58. The summed E-state index contributed by atoms with van der Waals surface area (Å²) in [5.41, 5.74) is 3.91. The predicted molar refractivity (Wildman–Crippen MR) is 85.0 cm³/mol. The molecule has 108 valence electrons. The molecule has 0 radical (unpaired) electrons. The van der Waals surface area contributed by atoms with Crippen molar-refractivity contribution in [3.05, 3.63) is 71.3 Å². The van der Waals surface area contributed by atoms with Gasteiger partial charge in [-0.15, -0.1) is 0 Å². The van der Waals surface area contributed by atoms with Crippen molar-refractivity contribution in [2.45, 2.75) is 38.1 Å². The van der Waals surface area contributed by atoms with E-state index in [1.54, 1.807) is 0 Å². The van der Waals surface area contributed by atoms with E-state index in [2.05, 4.69) is 41.7 Å². The number of aryl methyl sites for hydroxylation is 2. The number of nitrogens with one attached hydrogen (secondary N) is 1. The minimum absolute atomic E-state index is 0.153. The lowest BCUT2D eigenvalue weighted by Crippen LogP contribution is -2.31. The molecule has 0 spiro atoms. The molecule has 0 fully saturated rings. The Kier molecular flexibility index (Phi) is 4.34. The summed E-state index contributed by atoms with van der Waals surface area (Å²) < 4.78 is 0. The smallest absolute Gasteiger partial charge is 0.220 e. The minimum Gasteiger partial charge on any atom is -0.349 e. The predicted octanol–water partition coefficient (Wildman–Crippen LogP) is 3.81. The Morgan fingerprint density at radius 2 is 1.81 bits per heavy atom. The number of benzene rings is 2. The van der Waals surface area contributed by atoms with Crippen LogP contribution in [0.4, 0.5) is 0 Å². The van der Waals surface area contributed by atoms with Gasteiger partial charge in [0.25, 0.3) is 0 Å². The molecule has 1 aliphatic rings. The monoisotopic (exact) mass is 279 g/mol. The SMILES string of the molecule is O=C(CCc1ccccc1)N[C@H]1CCCc2ccccc21. The van der Waals surface area contributed by atoms with Crippen LogP contribution in [0.5, 0.6) is 0 Å². The average Bonchev–Trinajstić information content (AvgIpc) is 2.54. The van der Waals surface area contributed by atoms with E-state index in [1.165, 1.54) is 16.7 Å². The topological polar surface area (TPSA) is 29.1 Å². The lowest BCUT2D eigenvalue weighted by Gasteiger charge is -2.26. The van der Waals surface area contributed by atoms with Crippen molar-refractivity contribution in [2.75, 3.05) is 0 Å². The summed E-state index contributed by atoms with van der Waals surface area (Å²) in [6.45, 7) is 0. The van der Waals surface area contributed by atoms with Gasteiger partial charge in [0.05, 0.1) is 6.04 Å². The number of carbonyl (C=O) groups excluding carboxylic acids is 1. The molecule has 2 aromatic carbocycles. The first-order valence-electron chi connectivity index (χ1n) is 7.74. The van der Waals surface area contributed by atoms with E-state index in [0.29, 0.717) is 6.42 Å². The summed E-state index contributed by atoms with van der Waals surface area (Å²) in [5, 5.41) is 3.21. The first kappa shape index (κ1) is 13.9. The molecule has 2 nitrogen and oxygen atoms in total. The van der Waals surface area contributed by atoms with Crippen LogP contribution in [0.1, 0.15) is 42.0 Å². The van der Waals surface area contributed by atoms with E-state index < -0.39 is 0 Å². The maximum Gasteiger partial charge on any atom is 0.220 e. The fourth-order valence-corrected chi connectivity index (χ4v) is 3.07. The molecule has 0 saturated carbocycles. The van der Waals surface area contributed by atoms with Crippen molar-refractivity contribution in [1.82, 2.24) is 5.32 Å². The first-order chi connectivity index (χ1) is 10.3. The fourth-order valence-electron chi connectivity index (χ4n) is 3.07. The zero-order chi connectivity index (χ0) is 14.5. The summed E-state index contributed by atoms with van der Waals surface area (Å²) in [5.74, 6) is 0.153. The molecule has 2 heteroatoms. The molecule has 1 atom stereocenters. The summed E-state index contributed by atoms with van der Waals surface area (Å²) in [7, 11) is 0. The van der Waals surface area contributed by atoms with E-state index in [4.69, 9.17) is 0 Å². The quantitative estimate of drug-likeness (QED) is 0.906. The molecular weight excluding hydrogens is 258 g/mol. The molecule has 0 aromatic heterocycles. The van der Waals surface area contributed by atoms with Gasteiger partial charge in [-0.3, -0.25) is 4.79 Å². The van der Waals surface area contributed by atoms with Gasteiger partial charge in [0, 0.05) is 6.42 Å². The molecule has 0 saturated heterocycles. The summed E-state index contributed by atoms with van der Waals surface area (Å²) in [6.07, 6.45) is 4.70. The number of hydrogen-bond donors (Lipinski definition) is 1. The van der Waals surface area contributed by atoms with E-state index in [1.807, 2.05) is 18.2 Å². The van der Waals surface area contributed by atoms with E-state index in [-0.39, 0.29) is 11.9 Å². The van der Waals surface area contributed by atoms with Crippen molar-refractivity contribution < 1.29 is 4.79 Å². The number of rotatable bonds is 4. The lowest BCUT2D eigenvalue weighted by molar-refractivity contribution is -0.121. The van der Waals surface area contributed by atoms with Crippen LogP contribution in [0, 0.1) is 0 Å². The van der Waals surface area contributed by atoms with E-state index in [0.717, 1.165) is 25.7 Å². The maximum atomic E-state index is 12.2. The van der Waals surface area contributed by atoms with Crippen LogP contribution in [0.15, 0.2) is 54.6 Å². The summed E-state index contributed by atoms with van der Waals surface area (Å²) in [6, 6.07) is 18.8. The molecule has 0 bridgehead atoms. The van der Waals surface area contributed by atoms with Crippen molar-refractivity contribution in [3.8, 4) is 0 Å². The summed E-state index contributed by atoms with van der Waals surface area (Å²) in [4.78, 5) is 12.2. The van der Waals surface area contributed by atoms with E-state index in [9.17, 15) is 4.79 Å². The average molecular weight is 279 g/mol. The highest BCUT2D eigenvalue weighted by Crippen LogP contribution is 2.29. The van der Waals surface area contributed by atoms with Crippen molar-refractivity contribution in [3.63, 3.8) is 0 Å². The van der Waals surface area contributed by atoms with Crippen LogP contribution >= 0.6 is 0 Å². The molecule has 0 heterocycles. The number of hydrogen-bond acceptors (Lipinski definition) is 1. The number of fused-ring (bicyclic) bond motifs is 1. The number of amides is 1. The van der Waals surface area contributed by atoms with Crippen molar-refractivity contribution >= 4 is 5.91 Å². The van der Waals surface area contributed by atoms with Crippen molar-refractivity contribution in [1.29, 1.82) is 0 Å².